The fourth-order valence-electron chi connectivity index (χ4n) is 3.88. The fraction of sp³-hybridized carbons (Fsp3) is 0.650. The first-order valence-corrected chi connectivity index (χ1v) is 11.4. The van der Waals surface area contributed by atoms with Crippen LogP contribution in [0.4, 0.5) is 0 Å². The van der Waals surface area contributed by atoms with Crippen molar-refractivity contribution in [3.63, 3.8) is 0 Å². The Morgan fingerprint density at radius 2 is 1.82 bits per heavy atom. The van der Waals surface area contributed by atoms with Crippen molar-refractivity contribution in [2.45, 2.75) is 63.8 Å². The summed E-state index contributed by atoms with van der Waals surface area (Å²) in [6.45, 7) is 6.55. The van der Waals surface area contributed by atoms with Crippen LogP contribution in [0.25, 0.3) is 0 Å². The molecule has 1 saturated carbocycles. The lowest BCUT2D eigenvalue weighted by molar-refractivity contribution is 0.0915. The standard InChI is InChI=1S/C20H33N3O3S.ClH/c1-4-23(5-2)27(25,26)19-13-17(12-11-15(19)3)20(24)22-18(14-21)16-9-7-6-8-10-16;/h11-13,16,18H,4-10,14,21H2,1-3H3,(H,22,24);1H. The van der Waals surface area contributed by atoms with Crippen LogP contribution in [0.3, 0.4) is 0 Å². The molecule has 3 N–H and O–H groups in total. The van der Waals surface area contributed by atoms with Gasteiger partial charge in [-0.2, -0.15) is 4.31 Å². The van der Waals surface area contributed by atoms with Gasteiger partial charge in [-0.25, -0.2) is 8.42 Å². The molecule has 0 aromatic heterocycles. The first-order valence-electron chi connectivity index (χ1n) is 9.96. The van der Waals surface area contributed by atoms with Crippen LogP contribution in [0, 0.1) is 12.8 Å². The number of hydrogen-bond acceptors (Lipinski definition) is 4. The van der Waals surface area contributed by atoms with Gasteiger partial charge in [0.25, 0.3) is 5.91 Å². The van der Waals surface area contributed by atoms with Crippen LogP contribution in [0.15, 0.2) is 23.1 Å². The SMILES string of the molecule is CCN(CC)S(=O)(=O)c1cc(C(=O)NC(CN)C2CCCCC2)ccc1C.Cl. The fourth-order valence-corrected chi connectivity index (χ4v) is 5.59. The first-order chi connectivity index (χ1) is 12.8. The molecule has 1 amide bonds. The zero-order valence-electron chi connectivity index (χ0n) is 17.1. The van der Waals surface area contributed by atoms with E-state index in [-0.39, 0.29) is 29.3 Å². The second kappa shape index (κ2) is 11.1. The normalized spacial score (nSPS) is 16.5. The maximum atomic E-state index is 12.9. The number of nitrogens with two attached hydrogens (primary N) is 1. The van der Waals surface area contributed by atoms with Gasteiger partial charge in [-0.1, -0.05) is 39.2 Å². The smallest absolute Gasteiger partial charge is 0.251 e. The number of hydrogen-bond donors (Lipinski definition) is 2. The molecule has 1 atom stereocenters. The van der Waals surface area contributed by atoms with Crippen LogP contribution in [0.5, 0.6) is 0 Å². The maximum absolute atomic E-state index is 12.9. The Labute approximate surface area is 175 Å². The van der Waals surface area contributed by atoms with Crippen LogP contribution >= 0.6 is 12.4 Å². The van der Waals surface area contributed by atoms with E-state index in [9.17, 15) is 13.2 Å². The molecule has 1 aliphatic rings. The summed E-state index contributed by atoms with van der Waals surface area (Å²) in [5.41, 5.74) is 6.91. The molecule has 0 spiro atoms. The number of aryl methyl sites for hydroxylation is 1. The van der Waals surface area contributed by atoms with Crippen LogP contribution in [-0.2, 0) is 10.0 Å². The Balaban J connectivity index is 0.00000392. The highest BCUT2D eigenvalue weighted by atomic mass is 35.5. The van der Waals surface area contributed by atoms with Crippen molar-refractivity contribution in [2.24, 2.45) is 11.7 Å². The molecule has 1 aromatic carbocycles. The van der Waals surface area contributed by atoms with Crippen molar-refractivity contribution in [3.05, 3.63) is 29.3 Å². The number of nitrogens with one attached hydrogen (secondary N) is 1. The summed E-state index contributed by atoms with van der Waals surface area (Å²) >= 11 is 0. The zero-order valence-corrected chi connectivity index (χ0v) is 18.7. The minimum absolute atomic E-state index is 0. The summed E-state index contributed by atoms with van der Waals surface area (Å²) in [4.78, 5) is 13.0. The van der Waals surface area contributed by atoms with Crippen molar-refractivity contribution in [1.82, 2.24) is 9.62 Å². The molecule has 1 aliphatic carbocycles. The van der Waals surface area contributed by atoms with Crippen LogP contribution in [0.1, 0.15) is 61.9 Å². The van der Waals surface area contributed by atoms with Gasteiger partial charge in [-0.3, -0.25) is 4.79 Å². The molecule has 2 rings (SSSR count). The van der Waals surface area contributed by atoms with E-state index in [1.54, 1.807) is 19.1 Å². The predicted molar refractivity (Wildman–Crippen MR) is 115 cm³/mol. The highest BCUT2D eigenvalue weighted by molar-refractivity contribution is 7.89. The van der Waals surface area contributed by atoms with Gasteiger partial charge >= 0.3 is 0 Å². The summed E-state index contributed by atoms with van der Waals surface area (Å²) in [6, 6.07) is 4.80. The average Bonchev–Trinajstić information content (AvgIpc) is 2.67. The van der Waals surface area contributed by atoms with E-state index >= 15 is 0 Å². The summed E-state index contributed by atoms with van der Waals surface area (Å²) in [5, 5.41) is 3.04. The quantitative estimate of drug-likeness (QED) is 0.661. The van der Waals surface area contributed by atoms with E-state index in [0.29, 0.717) is 36.7 Å². The third-order valence-corrected chi connectivity index (χ3v) is 7.75. The van der Waals surface area contributed by atoms with E-state index in [1.165, 1.54) is 29.6 Å². The summed E-state index contributed by atoms with van der Waals surface area (Å²) in [5.74, 6) is 0.143. The van der Waals surface area contributed by atoms with Gasteiger partial charge in [0.15, 0.2) is 0 Å². The number of amides is 1. The molecule has 1 aromatic rings. The molecule has 0 saturated heterocycles. The predicted octanol–water partition coefficient (Wildman–Crippen LogP) is 3.08. The highest BCUT2D eigenvalue weighted by Gasteiger charge is 2.27. The maximum Gasteiger partial charge on any atom is 0.251 e. The Hall–Kier alpha value is -1.15. The van der Waals surface area contributed by atoms with E-state index in [2.05, 4.69) is 5.32 Å². The van der Waals surface area contributed by atoms with E-state index in [1.807, 2.05) is 13.8 Å². The van der Waals surface area contributed by atoms with Gasteiger partial charge in [0.05, 0.1) is 4.90 Å². The molecular weight excluding hydrogens is 398 g/mol. The topological polar surface area (TPSA) is 92.5 Å². The van der Waals surface area contributed by atoms with Crippen LogP contribution in [0.2, 0.25) is 0 Å². The number of sulfonamides is 1. The Morgan fingerprint density at radius 1 is 1.21 bits per heavy atom. The van der Waals surface area contributed by atoms with Crippen LogP contribution < -0.4 is 11.1 Å². The highest BCUT2D eigenvalue weighted by Crippen LogP contribution is 2.27. The molecule has 28 heavy (non-hydrogen) atoms. The molecule has 1 unspecified atom stereocenters. The lowest BCUT2D eigenvalue weighted by atomic mass is 9.84. The molecule has 0 heterocycles. The van der Waals surface area contributed by atoms with Gasteiger partial charge in [-0.15, -0.1) is 12.4 Å². The van der Waals surface area contributed by atoms with E-state index in [4.69, 9.17) is 5.73 Å². The molecule has 8 heteroatoms. The second-order valence-electron chi connectivity index (χ2n) is 7.28. The van der Waals surface area contributed by atoms with Crippen molar-refractivity contribution in [2.75, 3.05) is 19.6 Å². The van der Waals surface area contributed by atoms with E-state index in [0.717, 1.165) is 12.8 Å². The molecule has 1 fully saturated rings. The molecular formula is C20H34ClN3O3S. The summed E-state index contributed by atoms with van der Waals surface area (Å²) < 4.78 is 27.2. The molecule has 0 aliphatic heterocycles. The number of carbonyl (C=O) groups is 1. The molecule has 160 valence electrons. The number of rotatable bonds is 8. The molecule has 0 radical (unpaired) electrons. The zero-order chi connectivity index (χ0) is 20.0. The lowest BCUT2D eigenvalue weighted by Gasteiger charge is -2.30. The monoisotopic (exact) mass is 431 g/mol. The summed E-state index contributed by atoms with van der Waals surface area (Å²) in [7, 11) is -3.61. The molecule has 6 nitrogen and oxygen atoms in total. The Kier molecular flexibility index (Phi) is 9.90. The van der Waals surface area contributed by atoms with Gasteiger partial charge < -0.3 is 11.1 Å². The van der Waals surface area contributed by atoms with Gasteiger partial charge in [0, 0.05) is 31.2 Å². The lowest BCUT2D eigenvalue weighted by Crippen LogP contribution is -2.46. The van der Waals surface area contributed by atoms with Crippen molar-refractivity contribution >= 4 is 28.3 Å². The van der Waals surface area contributed by atoms with Crippen molar-refractivity contribution < 1.29 is 13.2 Å². The summed E-state index contributed by atoms with van der Waals surface area (Å²) in [6.07, 6.45) is 5.75. The van der Waals surface area contributed by atoms with Crippen molar-refractivity contribution in [3.8, 4) is 0 Å². The third kappa shape index (κ3) is 5.69. The van der Waals surface area contributed by atoms with Gasteiger partial charge in [0.2, 0.25) is 10.0 Å². The first kappa shape index (κ1) is 24.9. The van der Waals surface area contributed by atoms with E-state index < -0.39 is 10.0 Å². The minimum atomic E-state index is -3.61. The second-order valence-corrected chi connectivity index (χ2v) is 9.19. The van der Waals surface area contributed by atoms with Crippen LogP contribution in [-0.4, -0.2) is 44.3 Å². The van der Waals surface area contributed by atoms with Gasteiger partial charge in [-0.05, 0) is 43.4 Å². The third-order valence-electron chi connectivity index (χ3n) is 5.56. The number of halogens is 1. The average molecular weight is 432 g/mol. The van der Waals surface area contributed by atoms with Crippen molar-refractivity contribution in [1.29, 1.82) is 0 Å². The Bertz CT molecular complexity index is 745. The number of benzene rings is 1. The minimum Gasteiger partial charge on any atom is -0.348 e. The number of carbonyl (C=O) groups excluding carboxylic acids is 1. The van der Waals surface area contributed by atoms with Gasteiger partial charge in [0.1, 0.15) is 0 Å². The Morgan fingerprint density at radius 3 is 2.36 bits per heavy atom. The largest absolute Gasteiger partial charge is 0.348 e. The molecule has 0 bridgehead atoms. The number of nitrogens with zero attached hydrogens (tertiary/aromatic N) is 1.